The zero-order valence-corrected chi connectivity index (χ0v) is 21.6. The van der Waals surface area contributed by atoms with Gasteiger partial charge in [-0.05, 0) is 61.5 Å². The molecule has 0 spiro atoms. The highest BCUT2D eigenvalue weighted by molar-refractivity contribution is 8.01. The summed E-state index contributed by atoms with van der Waals surface area (Å²) in [5.74, 6) is -0.616. The first-order valence-electron chi connectivity index (χ1n) is 12.0. The highest BCUT2D eigenvalue weighted by atomic mass is 35.5. The lowest BCUT2D eigenvalue weighted by Gasteiger charge is -2.45. The quantitative estimate of drug-likeness (QED) is 0.326. The first-order chi connectivity index (χ1) is 16.9. The van der Waals surface area contributed by atoms with Gasteiger partial charge in [-0.15, -0.1) is 0 Å². The molecule has 2 aromatic rings. The minimum atomic E-state index is -0.651. The Morgan fingerprint density at radius 3 is 2.60 bits per heavy atom. The van der Waals surface area contributed by atoms with Crippen LogP contribution in [0.5, 0.6) is 0 Å². The lowest BCUT2D eigenvalue weighted by molar-refractivity contribution is -0.168. The molecule has 0 bridgehead atoms. The number of amides is 1. The Bertz CT molecular complexity index is 1030. The molecule has 1 heterocycles. The standard InChI is InChI=1S/C27H32ClFN2O3S/c1-3-6-18(2)26-27(33)31(25(17-34-26)19-9-11-20(28)12-10-19)21(16-32)15-30(35-22-13-14-22)24-8-5-4-7-23(24)29/h3-12,18,21-22,25-26,32H,13-17H2,1-2H3/b6-3+. The summed E-state index contributed by atoms with van der Waals surface area (Å²) in [7, 11) is 0. The van der Waals surface area contributed by atoms with Gasteiger partial charge in [-0.2, -0.15) is 0 Å². The molecule has 4 atom stereocenters. The first-order valence-corrected chi connectivity index (χ1v) is 13.3. The number of carbonyl (C=O) groups excluding carboxylic acids is 1. The van der Waals surface area contributed by atoms with Crippen molar-refractivity contribution in [2.75, 3.05) is 24.1 Å². The van der Waals surface area contributed by atoms with Crippen LogP contribution in [0.1, 0.15) is 38.3 Å². The largest absolute Gasteiger partial charge is 0.394 e. The van der Waals surface area contributed by atoms with Crippen molar-refractivity contribution in [1.29, 1.82) is 0 Å². The van der Waals surface area contributed by atoms with Crippen LogP contribution in [0.4, 0.5) is 10.1 Å². The number of anilines is 1. The van der Waals surface area contributed by atoms with Gasteiger partial charge in [-0.3, -0.25) is 4.79 Å². The summed E-state index contributed by atoms with van der Waals surface area (Å²) < 4.78 is 22.8. The van der Waals surface area contributed by atoms with Crippen molar-refractivity contribution in [3.05, 3.63) is 77.1 Å². The molecule has 1 saturated carbocycles. The summed E-state index contributed by atoms with van der Waals surface area (Å²) in [4.78, 5) is 15.6. The second-order valence-electron chi connectivity index (χ2n) is 9.11. The molecule has 35 heavy (non-hydrogen) atoms. The Balaban J connectivity index is 1.67. The summed E-state index contributed by atoms with van der Waals surface area (Å²) in [5.41, 5.74) is 1.34. The second-order valence-corrected chi connectivity index (χ2v) is 10.9. The molecule has 2 fully saturated rings. The number of hydrogen-bond donors (Lipinski definition) is 1. The van der Waals surface area contributed by atoms with Crippen LogP contribution < -0.4 is 4.31 Å². The van der Waals surface area contributed by atoms with Crippen molar-refractivity contribution >= 4 is 35.1 Å². The maximum Gasteiger partial charge on any atom is 0.253 e. The molecule has 1 amide bonds. The molecule has 1 aliphatic heterocycles. The van der Waals surface area contributed by atoms with Crippen molar-refractivity contribution in [3.63, 3.8) is 0 Å². The normalized spacial score (nSPS) is 22.4. The zero-order valence-electron chi connectivity index (χ0n) is 20.0. The van der Waals surface area contributed by atoms with Crippen LogP contribution in [0.3, 0.4) is 0 Å². The Morgan fingerprint density at radius 1 is 1.26 bits per heavy atom. The highest BCUT2D eigenvalue weighted by Gasteiger charge is 2.43. The van der Waals surface area contributed by atoms with Crippen LogP contribution in [-0.4, -0.2) is 53.1 Å². The number of allylic oxidation sites excluding steroid dienone is 1. The van der Waals surface area contributed by atoms with E-state index in [2.05, 4.69) is 0 Å². The fraction of sp³-hybridized carbons (Fsp3) is 0.444. The molecule has 2 aliphatic rings. The van der Waals surface area contributed by atoms with E-state index in [1.165, 1.54) is 6.07 Å². The van der Waals surface area contributed by atoms with Crippen molar-refractivity contribution in [2.45, 2.75) is 50.1 Å². The number of carbonyl (C=O) groups is 1. The molecule has 8 heteroatoms. The van der Waals surface area contributed by atoms with Crippen LogP contribution in [0.25, 0.3) is 0 Å². The number of para-hydroxylation sites is 1. The molecule has 0 aromatic heterocycles. The van der Waals surface area contributed by atoms with E-state index in [9.17, 15) is 14.3 Å². The molecule has 4 unspecified atom stereocenters. The van der Waals surface area contributed by atoms with E-state index in [1.54, 1.807) is 47.2 Å². The van der Waals surface area contributed by atoms with Crippen LogP contribution in [0.15, 0.2) is 60.7 Å². The van der Waals surface area contributed by atoms with Crippen LogP contribution in [0.2, 0.25) is 5.02 Å². The Hall–Kier alpha value is -2.06. The Labute approximate surface area is 216 Å². The van der Waals surface area contributed by atoms with E-state index >= 15 is 0 Å². The van der Waals surface area contributed by atoms with Crippen molar-refractivity contribution < 1.29 is 19.0 Å². The van der Waals surface area contributed by atoms with Gasteiger partial charge in [0.25, 0.3) is 5.91 Å². The summed E-state index contributed by atoms with van der Waals surface area (Å²) in [6.07, 6.45) is 5.36. The SMILES string of the molecule is C/C=C/C(C)C1OCC(c2ccc(Cl)cc2)N(C(CO)CN(SC2CC2)c2ccccc2F)C1=O. The third kappa shape index (κ3) is 6.20. The summed E-state index contributed by atoms with van der Waals surface area (Å²) in [6, 6.07) is 13.0. The van der Waals surface area contributed by atoms with E-state index in [4.69, 9.17) is 16.3 Å². The molecule has 188 valence electrons. The van der Waals surface area contributed by atoms with E-state index in [1.807, 2.05) is 42.4 Å². The number of hydrogen-bond acceptors (Lipinski definition) is 5. The van der Waals surface area contributed by atoms with Crippen LogP contribution >= 0.6 is 23.5 Å². The number of halogens is 2. The number of rotatable bonds is 10. The summed E-state index contributed by atoms with van der Waals surface area (Å²) >= 11 is 7.69. The second kappa shape index (κ2) is 11.8. The minimum absolute atomic E-state index is 0.121. The number of ether oxygens (including phenoxy) is 1. The molecule has 1 saturated heterocycles. The Morgan fingerprint density at radius 2 is 1.97 bits per heavy atom. The third-order valence-electron chi connectivity index (χ3n) is 6.40. The molecular formula is C27H32ClFN2O3S. The van der Waals surface area contributed by atoms with Gasteiger partial charge < -0.3 is 19.0 Å². The van der Waals surface area contributed by atoms with E-state index in [0.29, 0.717) is 29.1 Å². The minimum Gasteiger partial charge on any atom is -0.394 e. The maximum atomic E-state index is 14.8. The maximum absolute atomic E-state index is 14.8. The van der Waals surface area contributed by atoms with Gasteiger partial charge in [0.05, 0.1) is 37.5 Å². The summed E-state index contributed by atoms with van der Waals surface area (Å²) in [5, 5.41) is 11.6. The van der Waals surface area contributed by atoms with E-state index < -0.39 is 12.1 Å². The predicted octanol–water partition coefficient (Wildman–Crippen LogP) is 5.64. The van der Waals surface area contributed by atoms with Gasteiger partial charge in [0.1, 0.15) is 11.9 Å². The highest BCUT2D eigenvalue weighted by Crippen LogP contribution is 2.40. The van der Waals surface area contributed by atoms with Gasteiger partial charge in [-0.1, -0.05) is 54.9 Å². The Kier molecular flexibility index (Phi) is 8.76. The summed E-state index contributed by atoms with van der Waals surface area (Å²) in [6.45, 7) is 4.20. The number of aliphatic hydroxyl groups excluding tert-OH is 1. The number of benzene rings is 2. The van der Waals surface area contributed by atoms with Gasteiger partial charge in [0, 0.05) is 16.2 Å². The topological polar surface area (TPSA) is 53.0 Å². The predicted molar refractivity (Wildman–Crippen MR) is 140 cm³/mol. The molecular weight excluding hydrogens is 487 g/mol. The lowest BCUT2D eigenvalue weighted by Crippen LogP contribution is -2.58. The van der Waals surface area contributed by atoms with Crippen molar-refractivity contribution in [2.24, 2.45) is 5.92 Å². The van der Waals surface area contributed by atoms with Gasteiger partial charge in [-0.25, -0.2) is 4.39 Å². The van der Waals surface area contributed by atoms with E-state index in [0.717, 1.165) is 18.4 Å². The molecule has 2 aromatic carbocycles. The third-order valence-corrected chi connectivity index (χ3v) is 8.02. The van der Waals surface area contributed by atoms with Crippen LogP contribution in [0, 0.1) is 11.7 Å². The zero-order chi connectivity index (χ0) is 24.9. The molecule has 5 nitrogen and oxygen atoms in total. The van der Waals surface area contributed by atoms with Crippen molar-refractivity contribution in [3.8, 4) is 0 Å². The van der Waals surface area contributed by atoms with E-state index in [-0.39, 0.29) is 30.3 Å². The van der Waals surface area contributed by atoms with Gasteiger partial charge in [0.2, 0.25) is 0 Å². The molecule has 1 N–H and O–H groups in total. The van der Waals surface area contributed by atoms with Crippen molar-refractivity contribution in [1.82, 2.24) is 4.90 Å². The first kappa shape index (κ1) is 26.0. The molecule has 4 rings (SSSR count). The monoisotopic (exact) mass is 518 g/mol. The fourth-order valence-corrected chi connectivity index (χ4v) is 5.79. The number of morpholine rings is 1. The number of nitrogens with zero attached hydrogens (tertiary/aromatic N) is 2. The average Bonchev–Trinajstić information content (AvgIpc) is 3.67. The molecule has 1 aliphatic carbocycles. The van der Waals surface area contributed by atoms with Gasteiger partial charge in [0.15, 0.2) is 0 Å². The van der Waals surface area contributed by atoms with Crippen LogP contribution in [-0.2, 0) is 9.53 Å². The molecule has 0 radical (unpaired) electrons. The smallest absolute Gasteiger partial charge is 0.253 e. The number of aliphatic hydroxyl groups is 1. The fourth-order valence-electron chi connectivity index (χ4n) is 4.43. The average molecular weight is 519 g/mol. The lowest BCUT2D eigenvalue weighted by atomic mass is 9.95. The van der Waals surface area contributed by atoms with Gasteiger partial charge >= 0.3 is 0 Å².